The van der Waals surface area contributed by atoms with Gasteiger partial charge in [0.25, 0.3) is 0 Å². The molecule has 4 nitrogen and oxygen atoms in total. The van der Waals surface area contributed by atoms with Gasteiger partial charge in [0, 0.05) is 0 Å². The summed E-state index contributed by atoms with van der Waals surface area (Å²) in [4.78, 5) is 4.02. The van der Waals surface area contributed by atoms with Crippen molar-refractivity contribution >= 4 is 6.34 Å². The Kier molecular flexibility index (Phi) is 0.855. The van der Waals surface area contributed by atoms with E-state index in [2.05, 4.69) is 20.9 Å². The number of aliphatic imine (C=N–C) groups is 1. The summed E-state index contributed by atoms with van der Waals surface area (Å²) in [6.07, 6.45) is 1.71. The highest BCUT2D eigenvalue weighted by Crippen LogP contribution is 2.02. The lowest BCUT2D eigenvalue weighted by atomic mass is 10.4. The summed E-state index contributed by atoms with van der Waals surface area (Å²) in [7, 11) is 0. The zero-order chi connectivity index (χ0) is 6.10. The summed E-state index contributed by atoms with van der Waals surface area (Å²) >= 11 is 0. The molecule has 2 rings (SSSR count). The van der Waals surface area contributed by atoms with Crippen LogP contribution in [-0.2, 0) is 0 Å². The van der Waals surface area contributed by atoms with E-state index in [1.807, 2.05) is 0 Å². The fourth-order valence-electron chi connectivity index (χ4n) is 0.955. The Bertz CT molecular complexity index is 163. The smallest absolute Gasteiger partial charge is 0.127 e. The van der Waals surface area contributed by atoms with Crippen LogP contribution in [0.3, 0.4) is 0 Å². The quantitative estimate of drug-likeness (QED) is 0.385. The van der Waals surface area contributed by atoms with E-state index in [1.54, 1.807) is 6.34 Å². The van der Waals surface area contributed by atoms with E-state index < -0.39 is 0 Å². The number of rotatable bonds is 0. The van der Waals surface area contributed by atoms with Crippen molar-refractivity contribution in [3.05, 3.63) is 11.5 Å². The molecule has 48 valence electrons. The summed E-state index contributed by atoms with van der Waals surface area (Å²) in [5.41, 5.74) is 1.16. The highest BCUT2D eigenvalue weighted by atomic mass is 15.3. The standard InChI is InChI=1S/C5H8N4/c1-4-5(8-2-6-1)9-3-7-4/h2,7,9H,1,3H2,(H,6,8). The minimum Gasteiger partial charge on any atom is -0.367 e. The van der Waals surface area contributed by atoms with Crippen molar-refractivity contribution < 1.29 is 0 Å². The van der Waals surface area contributed by atoms with Crippen molar-refractivity contribution in [1.29, 1.82) is 0 Å². The predicted molar refractivity (Wildman–Crippen MR) is 34.7 cm³/mol. The van der Waals surface area contributed by atoms with Gasteiger partial charge in [-0.3, -0.25) is 4.99 Å². The third-order valence-corrected chi connectivity index (χ3v) is 1.42. The summed E-state index contributed by atoms with van der Waals surface area (Å²) in [5, 5.41) is 9.27. The summed E-state index contributed by atoms with van der Waals surface area (Å²) in [5.74, 6) is 1.07. The first-order chi connectivity index (χ1) is 4.47. The van der Waals surface area contributed by atoms with Crippen LogP contribution < -0.4 is 16.0 Å². The van der Waals surface area contributed by atoms with E-state index in [0.29, 0.717) is 0 Å². The zero-order valence-corrected chi connectivity index (χ0v) is 4.94. The van der Waals surface area contributed by atoms with E-state index in [0.717, 1.165) is 24.7 Å². The van der Waals surface area contributed by atoms with Gasteiger partial charge in [-0.15, -0.1) is 0 Å². The second-order valence-corrected chi connectivity index (χ2v) is 2.00. The van der Waals surface area contributed by atoms with Crippen molar-refractivity contribution in [1.82, 2.24) is 16.0 Å². The highest BCUT2D eigenvalue weighted by molar-refractivity contribution is 5.60. The van der Waals surface area contributed by atoms with Crippen LogP contribution in [0.25, 0.3) is 0 Å². The summed E-state index contributed by atoms with van der Waals surface area (Å²) in [6.45, 7) is 1.59. The van der Waals surface area contributed by atoms with Gasteiger partial charge in [0.2, 0.25) is 0 Å². The third kappa shape index (κ3) is 0.630. The first-order valence-electron chi connectivity index (χ1n) is 2.92. The lowest BCUT2D eigenvalue weighted by Crippen LogP contribution is -2.24. The molecule has 0 aromatic carbocycles. The Hall–Kier alpha value is -1.19. The maximum atomic E-state index is 4.02. The fraction of sp³-hybridized carbons (Fsp3) is 0.400. The van der Waals surface area contributed by atoms with Crippen LogP contribution in [0.2, 0.25) is 0 Å². The first kappa shape index (κ1) is 4.67. The lowest BCUT2D eigenvalue weighted by molar-refractivity contribution is 0.784. The van der Waals surface area contributed by atoms with Crippen LogP contribution >= 0.6 is 0 Å². The summed E-state index contributed by atoms with van der Waals surface area (Å²) in [6, 6.07) is 0. The molecule has 0 aromatic heterocycles. The SMILES string of the molecule is C1=NCC2=C(N1)NCN2. The normalized spacial score (nSPS) is 22.2. The van der Waals surface area contributed by atoms with Crippen LogP contribution in [0.5, 0.6) is 0 Å². The minimum absolute atomic E-state index is 0.773. The molecule has 9 heavy (non-hydrogen) atoms. The second kappa shape index (κ2) is 1.65. The molecule has 0 atom stereocenters. The van der Waals surface area contributed by atoms with Gasteiger partial charge in [-0.25, -0.2) is 0 Å². The molecular weight excluding hydrogens is 116 g/mol. The zero-order valence-electron chi connectivity index (χ0n) is 4.94. The van der Waals surface area contributed by atoms with Crippen molar-refractivity contribution in [3.63, 3.8) is 0 Å². The van der Waals surface area contributed by atoms with Gasteiger partial charge < -0.3 is 16.0 Å². The Morgan fingerprint density at radius 3 is 3.33 bits per heavy atom. The van der Waals surface area contributed by atoms with Crippen molar-refractivity contribution in [2.45, 2.75) is 0 Å². The average Bonchev–Trinajstić information content (AvgIpc) is 2.33. The van der Waals surface area contributed by atoms with E-state index in [1.165, 1.54) is 0 Å². The largest absolute Gasteiger partial charge is 0.367 e. The van der Waals surface area contributed by atoms with Gasteiger partial charge in [0.15, 0.2) is 0 Å². The maximum Gasteiger partial charge on any atom is 0.127 e. The Labute approximate surface area is 53.0 Å². The molecule has 0 saturated heterocycles. The van der Waals surface area contributed by atoms with Crippen LogP contribution in [0.1, 0.15) is 0 Å². The topological polar surface area (TPSA) is 48.5 Å². The summed E-state index contributed by atoms with van der Waals surface area (Å²) < 4.78 is 0. The molecule has 0 spiro atoms. The maximum absolute atomic E-state index is 4.02. The monoisotopic (exact) mass is 124 g/mol. The molecule has 2 aliphatic heterocycles. The Morgan fingerprint density at radius 1 is 1.44 bits per heavy atom. The van der Waals surface area contributed by atoms with Crippen molar-refractivity contribution in [3.8, 4) is 0 Å². The molecule has 0 saturated carbocycles. The first-order valence-corrected chi connectivity index (χ1v) is 2.92. The van der Waals surface area contributed by atoms with E-state index in [4.69, 9.17) is 0 Å². The van der Waals surface area contributed by atoms with Crippen LogP contribution in [0.15, 0.2) is 16.5 Å². The minimum atomic E-state index is 0.773. The number of nitrogens with zero attached hydrogens (tertiary/aromatic N) is 1. The number of hydrogen-bond acceptors (Lipinski definition) is 4. The Balaban J connectivity index is 2.21. The van der Waals surface area contributed by atoms with E-state index in [-0.39, 0.29) is 0 Å². The van der Waals surface area contributed by atoms with E-state index >= 15 is 0 Å². The molecule has 2 aliphatic rings. The molecule has 0 unspecified atom stereocenters. The van der Waals surface area contributed by atoms with Gasteiger partial charge in [-0.05, 0) is 0 Å². The van der Waals surface area contributed by atoms with Crippen molar-refractivity contribution in [2.24, 2.45) is 4.99 Å². The average molecular weight is 124 g/mol. The molecule has 0 fully saturated rings. The van der Waals surface area contributed by atoms with Crippen LogP contribution in [0.4, 0.5) is 0 Å². The molecular formula is C5H8N4. The number of hydrogen-bond donors (Lipinski definition) is 3. The molecule has 0 aliphatic carbocycles. The van der Waals surface area contributed by atoms with Crippen molar-refractivity contribution in [2.75, 3.05) is 13.2 Å². The van der Waals surface area contributed by atoms with Crippen LogP contribution in [-0.4, -0.2) is 19.6 Å². The molecule has 0 radical (unpaired) electrons. The van der Waals surface area contributed by atoms with Gasteiger partial charge in [0.1, 0.15) is 5.82 Å². The predicted octanol–water partition coefficient (Wildman–Crippen LogP) is -1.06. The Morgan fingerprint density at radius 2 is 2.44 bits per heavy atom. The van der Waals surface area contributed by atoms with Gasteiger partial charge in [-0.1, -0.05) is 0 Å². The molecule has 3 N–H and O–H groups in total. The second-order valence-electron chi connectivity index (χ2n) is 2.00. The number of nitrogens with one attached hydrogen (secondary N) is 3. The van der Waals surface area contributed by atoms with Gasteiger partial charge >= 0.3 is 0 Å². The molecule has 0 bridgehead atoms. The molecule has 0 aromatic rings. The van der Waals surface area contributed by atoms with E-state index in [9.17, 15) is 0 Å². The molecule has 4 heteroatoms. The lowest BCUT2D eigenvalue weighted by Gasteiger charge is -2.07. The van der Waals surface area contributed by atoms with Crippen LogP contribution in [0, 0.1) is 0 Å². The molecule has 2 heterocycles. The molecule has 0 amide bonds. The van der Waals surface area contributed by atoms with Gasteiger partial charge in [-0.2, -0.15) is 0 Å². The van der Waals surface area contributed by atoms with Gasteiger partial charge in [0.05, 0.1) is 25.2 Å². The highest BCUT2D eigenvalue weighted by Gasteiger charge is 2.12. The third-order valence-electron chi connectivity index (χ3n) is 1.42. The fourth-order valence-corrected chi connectivity index (χ4v) is 0.955.